The predicted octanol–water partition coefficient (Wildman–Crippen LogP) is 3.17. The summed E-state index contributed by atoms with van der Waals surface area (Å²) in [5.41, 5.74) is 7.63. The van der Waals surface area contributed by atoms with Crippen LogP contribution in [0.2, 0.25) is 0 Å². The molecule has 6 nitrogen and oxygen atoms in total. The summed E-state index contributed by atoms with van der Waals surface area (Å²) in [4.78, 5) is 32.7. The number of piperazine rings is 1. The third-order valence-corrected chi connectivity index (χ3v) is 6.55. The highest BCUT2D eigenvalue weighted by Gasteiger charge is 2.35. The normalized spacial score (nSPS) is 19.1. The Hall–Kier alpha value is -2.05. The van der Waals surface area contributed by atoms with Crippen LogP contribution < -0.4 is 5.73 Å². The molecule has 1 aromatic heterocycles. The Bertz CT molecular complexity index is 818. The molecule has 2 aromatic rings. The van der Waals surface area contributed by atoms with Crippen LogP contribution in [0.25, 0.3) is 10.9 Å². The van der Waals surface area contributed by atoms with Gasteiger partial charge in [-0.3, -0.25) is 9.59 Å². The SMILES string of the molecule is Cl.NCC1(CC(=O)N2CCN(C(=O)c3cc4ccccc4[nH]3)CC2)CCCCC1. The van der Waals surface area contributed by atoms with E-state index in [2.05, 4.69) is 4.98 Å². The summed E-state index contributed by atoms with van der Waals surface area (Å²) in [6, 6.07) is 9.80. The first-order valence-corrected chi connectivity index (χ1v) is 10.5. The van der Waals surface area contributed by atoms with Crippen LogP contribution in [0.1, 0.15) is 49.0 Å². The molecular weight excluding hydrogens is 388 g/mol. The number of amides is 2. The molecule has 0 atom stereocenters. The fraction of sp³-hybridized carbons (Fsp3) is 0.545. The van der Waals surface area contributed by atoms with Crippen LogP contribution in [0.15, 0.2) is 30.3 Å². The van der Waals surface area contributed by atoms with Crippen molar-refractivity contribution in [1.82, 2.24) is 14.8 Å². The topological polar surface area (TPSA) is 82.4 Å². The maximum atomic E-state index is 12.9. The summed E-state index contributed by atoms with van der Waals surface area (Å²) in [5.74, 6) is 0.207. The number of aromatic nitrogens is 1. The standard InChI is InChI=1S/C22H30N4O2.ClH/c23-16-22(8-4-1-5-9-22)15-20(27)25-10-12-26(13-11-25)21(28)19-14-17-6-2-3-7-18(17)24-19;/h2-3,6-7,14,24H,1,4-5,8-13,15-16,23H2;1H. The third-order valence-electron chi connectivity index (χ3n) is 6.55. The predicted molar refractivity (Wildman–Crippen MR) is 117 cm³/mol. The number of rotatable bonds is 4. The van der Waals surface area contributed by atoms with E-state index in [1.54, 1.807) is 0 Å². The lowest BCUT2D eigenvalue weighted by molar-refractivity contribution is -0.135. The van der Waals surface area contributed by atoms with Crippen LogP contribution in [0, 0.1) is 5.41 Å². The van der Waals surface area contributed by atoms with Crippen LogP contribution >= 0.6 is 12.4 Å². The van der Waals surface area contributed by atoms with Crippen molar-refractivity contribution < 1.29 is 9.59 Å². The molecule has 158 valence electrons. The van der Waals surface area contributed by atoms with Gasteiger partial charge in [0.15, 0.2) is 0 Å². The van der Waals surface area contributed by atoms with Gasteiger partial charge < -0.3 is 20.5 Å². The number of nitrogens with one attached hydrogen (secondary N) is 1. The van der Waals surface area contributed by atoms with Crippen molar-refractivity contribution >= 4 is 35.1 Å². The molecule has 4 rings (SSSR count). The molecule has 0 bridgehead atoms. The second kappa shape index (κ2) is 9.18. The number of fused-ring (bicyclic) bond motifs is 1. The molecule has 0 spiro atoms. The second-order valence-electron chi connectivity index (χ2n) is 8.38. The zero-order chi connectivity index (χ0) is 19.6. The van der Waals surface area contributed by atoms with Crippen molar-refractivity contribution in [2.24, 2.45) is 11.1 Å². The van der Waals surface area contributed by atoms with E-state index in [-0.39, 0.29) is 29.6 Å². The minimum Gasteiger partial charge on any atom is -0.351 e. The molecule has 1 saturated heterocycles. The van der Waals surface area contributed by atoms with E-state index in [1.165, 1.54) is 19.3 Å². The average molecular weight is 419 g/mol. The minimum absolute atomic E-state index is 0. The molecule has 3 N–H and O–H groups in total. The van der Waals surface area contributed by atoms with Crippen LogP contribution in [0.3, 0.4) is 0 Å². The lowest BCUT2D eigenvalue weighted by Gasteiger charge is -2.39. The average Bonchev–Trinajstić information content (AvgIpc) is 3.18. The number of halogens is 1. The minimum atomic E-state index is -0.00730. The van der Waals surface area contributed by atoms with Crippen LogP contribution in [-0.4, -0.2) is 59.3 Å². The van der Waals surface area contributed by atoms with Gasteiger partial charge >= 0.3 is 0 Å². The maximum Gasteiger partial charge on any atom is 0.270 e. The number of nitrogens with two attached hydrogens (primary N) is 1. The summed E-state index contributed by atoms with van der Waals surface area (Å²) in [6.07, 6.45) is 6.29. The van der Waals surface area contributed by atoms with Gasteiger partial charge in [0.2, 0.25) is 5.91 Å². The summed E-state index contributed by atoms with van der Waals surface area (Å²) < 4.78 is 0. The number of carbonyl (C=O) groups is 2. The van der Waals surface area contributed by atoms with Crippen molar-refractivity contribution in [3.05, 3.63) is 36.0 Å². The molecule has 1 aliphatic carbocycles. The molecule has 1 aliphatic heterocycles. The highest BCUT2D eigenvalue weighted by atomic mass is 35.5. The number of nitrogens with zero attached hydrogens (tertiary/aromatic N) is 2. The number of hydrogen-bond acceptors (Lipinski definition) is 3. The number of benzene rings is 1. The molecular formula is C22H31ClN4O2. The van der Waals surface area contributed by atoms with E-state index < -0.39 is 0 Å². The highest BCUT2D eigenvalue weighted by molar-refractivity contribution is 5.98. The fourth-order valence-corrected chi connectivity index (χ4v) is 4.71. The molecule has 7 heteroatoms. The van der Waals surface area contributed by atoms with E-state index in [0.717, 1.165) is 23.7 Å². The Morgan fingerprint density at radius 1 is 1.00 bits per heavy atom. The number of para-hydroxylation sites is 1. The van der Waals surface area contributed by atoms with Crippen LogP contribution in [0.5, 0.6) is 0 Å². The van der Waals surface area contributed by atoms with Gasteiger partial charge in [0.05, 0.1) is 0 Å². The first-order valence-electron chi connectivity index (χ1n) is 10.5. The van der Waals surface area contributed by atoms with Gasteiger partial charge in [-0.05, 0) is 36.9 Å². The van der Waals surface area contributed by atoms with Crippen molar-refractivity contribution in [2.45, 2.75) is 38.5 Å². The maximum absolute atomic E-state index is 12.9. The molecule has 0 unspecified atom stereocenters. The largest absolute Gasteiger partial charge is 0.351 e. The molecule has 2 amide bonds. The van der Waals surface area contributed by atoms with Crippen LogP contribution in [0.4, 0.5) is 0 Å². The van der Waals surface area contributed by atoms with Crippen LogP contribution in [-0.2, 0) is 4.79 Å². The molecule has 2 fully saturated rings. The summed E-state index contributed by atoms with van der Waals surface area (Å²) in [7, 11) is 0. The Morgan fingerprint density at radius 3 is 2.31 bits per heavy atom. The Morgan fingerprint density at radius 2 is 1.66 bits per heavy atom. The number of H-pyrrole nitrogens is 1. The summed E-state index contributed by atoms with van der Waals surface area (Å²) in [5, 5.41) is 1.04. The Labute approximate surface area is 178 Å². The molecule has 0 radical (unpaired) electrons. The van der Waals surface area contributed by atoms with Gasteiger partial charge in [-0.1, -0.05) is 37.5 Å². The van der Waals surface area contributed by atoms with Gasteiger partial charge in [0.1, 0.15) is 5.69 Å². The first-order chi connectivity index (χ1) is 13.6. The molecule has 2 aliphatic rings. The number of carbonyl (C=O) groups excluding carboxylic acids is 2. The fourth-order valence-electron chi connectivity index (χ4n) is 4.71. The highest BCUT2D eigenvalue weighted by Crippen LogP contribution is 2.38. The summed E-state index contributed by atoms with van der Waals surface area (Å²) >= 11 is 0. The van der Waals surface area contributed by atoms with Gasteiger partial charge in [-0.25, -0.2) is 0 Å². The number of aromatic amines is 1. The van der Waals surface area contributed by atoms with E-state index in [4.69, 9.17) is 5.73 Å². The van der Waals surface area contributed by atoms with E-state index in [1.807, 2.05) is 40.1 Å². The van der Waals surface area contributed by atoms with Gasteiger partial charge in [-0.2, -0.15) is 0 Å². The summed E-state index contributed by atoms with van der Waals surface area (Å²) in [6.45, 7) is 2.96. The smallest absolute Gasteiger partial charge is 0.270 e. The number of hydrogen-bond donors (Lipinski definition) is 2. The van der Waals surface area contributed by atoms with Crippen molar-refractivity contribution in [3.8, 4) is 0 Å². The van der Waals surface area contributed by atoms with E-state index in [9.17, 15) is 9.59 Å². The van der Waals surface area contributed by atoms with Crippen molar-refractivity contribution in [3.63, 3.8) is 0 Å². The molecule has 2 heterocycles. The molecule has 1 aromatic carbocycles. The lowest BCUT2D eigenvalue weighted by atomic mass is 9.71. The quantitative estimate of drug-likeness (QED) is 0.799. The van der Waals surface area contributed by atoms with Crippen molar-refractivity contribution in [1.29, 1.82) is 0 Å². The van der Waals surface area contributed by atoms with Crippen molar-refractivity contribution in [2.75, 3.05) is 32.7 Å². The third kappa shape index (κ3) is 4.59. The lowest BCUT2D eigenvalue weighted by Crippen LogP contribution is -2.52. The van der Waals surface area contributed by atoms with Gasteiger partial charge in [0, 0.05) is 43.5 Å². The van der Waals surface area contributed by atoms with E-state index >= 15 is 0 Å². The zero-order valence-electron chi connectivity index (χ0n) is 16.9. The Balaban J connectivity index is 0.00000240. The first kappa shape index (κ1) is 21.7. The van der Waals surface area contributed by atoms with Gasteiger partial charge in [0.25, 0.3) is 5.91 Å². The second-order valence-corrected chi connectivity index (χ2v) is 8.38. The van der Waals surface area contributed by atoms with E-state index in [0.29, 0.717) is 44.8 Å². The molecule has 1 saturated carbocycles. The van der Waals surface area contributed by atoms with Gasteiger partial charge in [-0.15, -0.1) is 12.4 Å². The Kier molecular flexibility index (Phi) is 6.85. The molecule has 29 heavy (non-hydrogen) atoms. The monoisotopic (exact) mass is 418 g/mol. The zero-order valence-corrected chi connectivity index (χ0v) is 17.7.